The van der Waals surface area contributed by atoms with Gasteiger partial charge in [-0.25, -0.2) is 12.8 Å². The summed E-state index contributed by atoms with van der Waals surface area (Å²) in [4.78, 5) is 12.9. The van der Waals surface area contributed by atoms with Crippen LogP contribution in [0, 0.1) is 5.82 Å². The van der Waals surface area contributed by atoms with E-state index in [1.807, 2.05) is 0 Å². The number of benzene rings is 1. The number of likely N-dealkylation sites (N-methyl/N-ethyl adjacent to an activating group) is 1. The number of hydrogen-bond donors (Lipinski definition) is 1. The van der Waals surface area contributed by atoms with Gasteiger partial charge in [0.25, 0.3) is 0 Å². The molecule has 1 unspecified atom stereocenters. The highest BCUT2D eigenvalue weighted by Crippen LogP contribution is 2.29. The van der Waals surface area contributed by atoms with Gasteiger partial charge in [0.2, 0.25) is 15.9 Å². The number of anilines is 1. The molecule has 0 radical (unpaired) electrons. The number of carbonyl (C=O) groups is 1. The third kappa shape index (κ3) is 2.86. The molecule has 1 aliphatic heterocycles. The van der Waals surface area contributed by atoms with Gasteiger partial charge in [-0.05, 0) is 31.0 Å². The summed E-state index contributed by atoms with van der Waals surface area (Å²) < 4.78 is 40.1. The predicted octanol–water partition coefficient (Wildman–Crippen LogP) is 0.649. The van der Waals surface area contributed by atoms with Crippen LogP contribution in [0.15, 0.2) is 23.1 Å². The van der Waals surface area contributed by atoms with E-state index < -0.39 is 26.8 Å². The topological polar surface area (TPSA) is 83.7 Å². The number of halogens is 1. The van der Waals surface area contributed by atoms with E-state index in [1.165, 1.54) is 11.0 Å². The molecule has 0 spiro atoms. The largest absolute Gasteiger partial charge is 0.399 e. The number of sulfonamides is 1. The van der Waals surface area contributed by atoms with E-state index in [2.05, 4.69) is 0 Å². The molecular weight excluding hydrogens is 297 g/mol. The van der Waals surface area contributed by atoms with E-state index in [-0.39, 0.29) is 18.1 Å². The molecule has 21 heavy (non-hydrogen) atoms. The van der Waals surface area contributed by atoms with Gasteiger partial charge in [-0.3, -0.25) is 4.79 Å². The van der Waals surface area contributed by atoms with Crippen molar-refractivity contribution in [3.8, 4) is 0 Å². The first-order valence-electron chi connectivity index (χ1n) is 6.53. The monoisotopic (exact) mass is 315 g/mol. The van der Waals surface area contributed by atoms with Crippen LogP contribution in [-0.2, 0) is 14.8 Å². The van der Waals surface area contributed by atoms with Gasteiger partial charge in [-0.1, -0.05) is 0 Å². The number of nitrogens with two attached hydrogens (primary N) is 1. The smallest absolute Gasteiger partial charge is 0.246 e. The zero-order chi connectivity index (χ0) is 15.8. The van der Waals surface area contributed by atoms with Crippen LogP contribution < -0.4 is 5.73 Å². The molecule has 1 aromatic carbocycles. The minimum absolute atomic E-state index is 0.157. The molecule has 1 atom stereocenters. The van der Waals surface area contributed by atoms with E-state index in [4.69, 9.17) is 5.73 Å². The number of rotatable bonds is 3. The molecule has 1 aromatic rings. The van der Waals surface area contributed by atoms with Gasteiger partial charge in [0, 0.05) is 26.3 Å². The highest BCUT2D eigenvalue weighted by Gasteiger charge is 2.41. The number of nitrogen functional groups attached to an aromatic ring is 1. The van der Waals surface area contributed by atoms with Crippen LogP contribution >= 0.6 is 0 Å². The minimum Gasteiger partial charge on any atom is -0.399 e. The Balaban J connectivity index is 2.43. The van der Waals surface area contributed by atoms with Crippen molar-refractivity contribution in [2.75, 3.05) is 26.4 Å². The first kappa shape index (κ1) is 15.7. The molecule has 1 heterocycles. The van der Waals surface area contributed by atoms with Gasteiger partial charge in [0.1, 0.15) is 16.8 Å². The number of hydrogen-bond acceptors (Lipinski definition) is 4. The molecule has 0 aromatic heterocycles. The Kier molecular flexibility index (Phi) is 4.20. The maximum Gasteiger partial charge on any atom is 0.246 e. The minimum atomic E-state index is -4.09. The molecule has 1 saturated heterocycles. The molecule has 8 heteroatoms. The zero-order valence-electron chi connectivity index (χ0n) is 11.9. The van der Waals surface area contributed by atoms with Gasteiger partial charge in [0.05, 0.1) is 0 Å². The van der Waals surface area contributed by atoms with Crippen molar-refractivity contribution in [3.05, 3.63) is 24.0 Å². The molecular formula is C13H18FN3O3S. The third-order valence-corrected chi connectivity index (χ3v) is 5.39. The van der Waals surface area contributed by atoms with Crippen molar-refractivity contribution in [3.63, 3.8) is 0 Å². The Morgan fingerprint density at radius 1 is 1.43 bits per heavy atom. The third-order valence-electron chi connectivity index (χ3n) is 3.47. The summed E-state index contributed by atoms with van der Waals surface area (Å²) in [6, 6.07) is 2.60. The predicted molar refractivity (Wildman–Crippen MR) is 76.4 cm³/mol. The van der Waals surface area contributed by atoms with Crippen molar-refractivity contribution in [1.29, 1.82) is 0 Å². The van der Waals surface area contributed by atoms with Gasteiger partial charge in [-0.2, -0.15) is 4.31 Å². The summed E-state index contributed by atoms with van der Waals surface area (Å²) in [5.41, 5.74) is 5.70. The fraction of sp³-hybridized carbons (Fsp3) is 0.462. The van der Waals surface area contributed by atoms with E-state index >= 15 is 0 Å². The molecule has 0 aliphatic carbocycles. The lowest BCUT2D eigenvalue weighted by Crippen LogP contribution is -2.45. The van der Waals surface area contributed by atoms with Crippen molar-refractivity contribution in [1.82, 2.24) is 9.21 Å². The van der Waals surface area contributed by atoms with Crippen LogP contribution in [0.25, 0.3) is 0 Å². The maximum absolute atomic E-state index is 13.8. The van der Waals surface area contributed by atoms with Crippen molar-refractivity contribution in [2.45, 2.75) is 23.8 Å². The molecule has 2 N–H and O–H groups in total. The van der Waals surface area contributed by atoms with E-state index in [9.17, 15) is 17.6 Å². The zero-order valence-corrected chi connectivity index (χ0v) is 12.7. The second-order valence-corrected chi connectivity index (χ2v) is 7.06. The van der Waals surface area contributed by atoms with Crippen molar-refractivity contribution in [2.24, 2.45) is 0 Å². The summed E-state index contributed by atoms with van der Waals surface area (Å²) in [5.74, 6) is -1.17. The fourth-order valence-electron chi connectivity index (χ4n) is 2.42. The Morgan fingerprint density at radius 2 is 2.10 bits per heavy atom. The quantitative estimate of drug-likeness (QED) is 0.830. The van der Waals surface area contributed by atoms with Crippen LogP contribution in [-0.4, -0.2) is 50.2 Å². The van der Waals surface area contributed by atoms with Crippen LogP contribution in [0.5, 0.6) is 0 Å². The van der Waals surface area contributed by atoms with Crippen LogP contribution in [0.4, 0.5) is 10.1 Å². The van der Waals surface area contributed by atoms with Gasteiger partial charge in [-0.15, -0.1) is 0 Å². The molecule has 1 amide bonds. The Hall–Kier alpha value is -1.67. The normalized spacial score (nSPS) is 19.7. The Labute approximate surface area is 123 Å². The van der Waals surface area contributed by atoms with Crippen LogP contribution in [0.1, 0.15) is 12.8 Å². The first-order valence-corrected chi connectivity index (χ1v) is 7.97. The Morgan fingerprint density at radius 3 is 2.71 bits per heavy atom. The van der Waals surface area contributed by atoms with Crippen molar-refractivity contribution < 1.29 is 17.6 Å². The van der Waals surface area contributed by atoms with Crippen LogP contribution in [0.3, 0.4) is 0 Å². The molecule has 2 rings (SSSR count). The number of amides is 1. The SMILES string of the molecule is CN(C)C(=O)C1CCCN1S(=O)(=O)c1cc(N)ccc1F. The van der Waals surface area contributed by atoms with E-state index in [0.29, 0.717) is 12.8 Å². The average molecular weight is 315 g/mol. The highest BCUT2D eigenvalue weighted by atomic mass is 32.2. The summed E-state index contributed by atoms with van der Waals surface area (Å²) >= 11 is 0. The number of nitrogens with zero attached hydrogens (tertiary/aromatic N) is 2. The number of carbonyl (C=O) groups excluding carboxylic acids is 1. The van der Waals surface area contributed by atoms with Crippen molar-refractivity contribution >= 4 is 21.6 Å². The second kappa shape index (κ2) is 5.61. The lowest BCUT2D eigenvalue weighted by molar-refractivity contribution is -0.132. The summed E-state index contributed by atoms with van der Waals surface area (Å²) in [5, 5.41) is 0. The standard InChI is InChI=1S/C13H18FN3O3S/c1-16(2)13(18)11-4-3-7-17(11)21(19,20)12-8-9(15)5-6-10(12)14/h5-6,8,11H,3-4,7,15H2,1-2H3. The summed E-state index contributed by atoms with van der Waals surface area (Å²) in [6.45, 7) is 0.195. The van der Waals surface area contributed by atoms with Gasteiger partial charge in [0.15, 0.2) is 0 Å². The fourth-order valence-corrected chi connectivity index (χ4v) is 4.17. The second-order valence-electron chi connectivity index (χ2n) is 5.20. The average Bonchev–Trinajstić information content (AvgIpc) is 2.90. The van der Waals surface area contributed by atoms with Gasteiger partial charge < -0.3 is 10.6 Å². The van der Waals surface area contributed by atoms with E-state index in [0.717, 1.165) is 16.4 Å². The molecule has 0 saturated carbocycles. The molecule has 1 fully saturated rings. The van der Waals surface area contributed by atoms with E-state index in [1.54, 1.807) is 14.1 Å². The van der Waals surface area contributed by atoms with Crippen LogP contribution in [0.2, 0.25) is 0 Å². The maximum atomic E-state index is 13.8. The van der Waals surface area contributed by atoms with Gasteiger partial charge >= 0.3 is 0 Å². The molecule has 6 nitrogen and oxygen atoms in total. The summed E-state index contributed by atoms with van der Waals surface area (Å²) in [7, 11) is -0.965. The molecule has 116 valence electrons. The first-order chi connectivity index (χ1) is 9.75. The lowest BCUT2D eigenvalue weighted by atomic mass is 10.2. The molecule has 0 bridgehead atoms. The lowest BCUT2D eigenvalue weighted by Gasteiger charge is -2.25. The highest BCUT2D eigenvalue weighted by molar-refractivity contribution is 7.89. The Bertz CT molecular complexity index is 661. The molecule has 1 aliphatic rings. The summed E-state index contributed by atoms with van der Waals surface area (Å²) in [6.07, 6.45) is 0.994.